The predicted octanol–water partition coefficient (Wildman–Crippen LogP) is 6.61. The summed E-state index contributed by atoms with van der Waals surface area (Å²) < 4.78 is 7.23. The molecule has 0 radical (unpaired) electrons. The zero-order valence-electron chi connectivity index (χ0n) is 21.4. The molecule has 1 heterocycles. The number of carbonyl (C=O) groups is 1. The van der Waals surface area contributed by atoms with Gasteiger partial charge < -0.3 is 9.64 Å². The highest BCUT2D eigenvalue weighted by molar-refractivity contribution is 6.05. The van der Waals surface area contributed by atoms with Crippen molar-refractivity contribution < 1.29 is 14.1 Å². The Morgan fingerprint density at radius 1 is 0.914 bits per heavy atom. The van der Waals surface area contributed by atoms with Crippen molar-refractivity contribution in [3.8, 4) is 0 Å². The molecule has 1 aliphatic heterocycles. The molecule has 3 aromatic rings. The van der Waals surface area contributed by atoms with Crippen LogP contribution in [0.2, 0.25) is 0 Å². The first-order valence-corrected chi connectivity index (χ1v) is 12.3. The molecule has 180 valence electrons. The molecule has 0 fully saturated rings. The lowest BCUT2D eigenvalue weighted by Crippen LogP contribution is -2.27. The molecule has 4 nitrogen and oxygen atoms in total. The number of anilines is 1. The van der Waals surface area contributed by atoms with Gasteiger partial charge in [0.2, 0.25) is 5.69 Å². The van der Waals surface area contributed by atoms with Crippen molar-refractivity contribution in [2.75, 3.05) is 25.1 Å². The highest BCUT2D eigenvalue weighted by Crippen LogP contribution is 2.40. The van der Waals surface area contributed by atoms with Gasteiger partial charge in [0.25, 0.3) is 0 Å². The number of nitrogens with zero attached hydrogens (tertiary/aromatic N) is 2. The van der Waals surface area contributed by atoms with Gasteiger partial charge in [0.15, 0.2) is 12.3 Å². The quantitative estimate of drug-likeness (QED) is 0.276. The van der Waals surface area contributed by atoms with E-state index in [0.29, 0.717) is 5.56 Å². The van der Waals surface area contributed by atoms with Crippen molar-refractivity contribution in [3.63, 3.8) is 0 Å². The van der Waals surface area contributed by atoms with Crippen LogP contribution in [0.5, 0.6) is 0 Å². The maximum Gasteiger partial charge on any atom is 0.337 e. The highest BCUT2D eigenvalue weighted by Gasteiger charge is 2.44. The summed E-state index contributed by atoms with van der Waals surface area (Å²) in [5, 5.41) is 0. The van der Waals surface area contributed by atoms with E-state index in [2.05, 4.69) is 97.9 Å². The monoisotopic (exact) mass is 467 g/mol. The summed E-state index contributed by atoms with van der Waals surface area (Å²) in [7, 11) is 1.41. The molecule has 0 unspecified atom stereocenters. The standard InChI is InChI=1S/C31H35N2O2/c1-6-32(7-2)26-19-14-23(15-20-26)16-21-29-31(3,4)27-10-8-9-11-28(27)33(29)22-24-12-17-25(18-13-24)30(34)35-5/h8-21H,6-7,22H2,1-5H3/q+1. The molecule has 0 N–H and O–H groups in total. The molecule has 0 atom stereocenters. The predicted molar refractivity (Wildman–Crippen MR) is 145 cm³/mol. The maximum absolute atomic E-state index is 11.8. The second-order valence-electron chi connectivity index (χ2n) is 9.40. The summed E-state index contributed by atoms with van der Waals surface area (Å²) in [5.41, 5.74) is 7.82. The Morgan fingerprint density at radius 2 is 1.57 bits per heavy atom. The summed E-state index contributed by atoms with van der Waals surface area (Å²) in [6, 6.07) is 25.1. The molecule has 0 bridgehead atoms. The molecule has 0 amide bonds. The fourth-order valence-corrected chi connectivity index (χ4v) is 4.92. The smallest absolute Gasteiger partial charge is 0.337 e. The van der Waals surface area contributed by atoms with Gasteiger partial charge in [-0.25, -0.2) is 4.79 Å². The number of para-hydroxylation sites is 1. The van der Waals surface area contributed by atoms with Gasteiger partial charge in [-0.15, -0.1) is 0 Å². The zero-order chi connectivity index (χ0) is 25.0. The second kappa shape index (κ2) is 10.3. The maximum atomic E-state index is 11.8. The molecule has 4 heteroatoms. The fraction of sp³-hybridized carbons (Fsp3) is 0.290. The Morgan fingerprint density at radius 3 is 2.20 bits per heavy atom. The largest absolute Gasteiger partial charge is 0.465 e. The van der Waals surface area contributed by atoms with Crippen LogP contribution in [-0.2, 0) is 16.7 Å². The zero-order valence-corrected chi connectivity index (χ0v) is 21.4. The van der Waals surface area contributed by atoms with Crippen LogP contribution < -0.4 is 4.90 Å². The Hall–Kier alpha value is -3.66. The molecule has 3 aromatic carbocycles. The van der Waals surface area contributed by atoms with Crippen molar-refractivity contribution in [3.05, 3.63) is 101 Å². The van der Waals surface area contributed by atoms with Gasteiger partial charge in [-0.2, -0.15) is 4.58 Å². The average Bonchev–Trinajstić information content (AvgIpc) is 3.10. The van der Waals surface area contributed by atoms with Gasteiger partial charge >= 0.3 is 5.97 Å². The van der Waals surface area contributed by atoms with Crippen LogP contribution >= 0.6 is 0 Å². The van der Waals surface area contributed by atoms with Crippen LogP contribution in [0.25, 0.3) is 6.08 Å². The van der Waals surface area contributed by atoms with E-state index in [1.165, 1.54) is 35.3 Å². The van der Waals surface area contributed by atoms with Crippen LogP contribution in [0.4, 0.5) is 11.4 Å². The first kappa shape index (κ1) is 24.5. The van der Waals surface area contributed by atoms with Crippen molar-refractivity contribution in [1.82, 2.24) is 0 Å². The molecular formula is C31H35N2O2+. The number of hydrogen-bond acceptors (Lipinski definition) is 3. The summed E-state index contributed by atoms with van der Waals surface area (Å²) in [6.07, 6.45) is 4.47. The van der Waals surface area contributed by atoms with E-state index in [4.69, 9.17) is 4.74 Å². The molecule has 0 spiro atoms. The minimum atomic E-state index is -0.314. The number of carbonyl (C=O) groups excluding carboxylic acids is 1. The lowest BCUT2D eigenvalue weighted by Gasteiger charge is -2.20. The van der Waals surface area contributed by atoms with E-state index >= 15 is 0 Å². The van der Waals surface area contributed by atoms with Gasteiger partial charge in [0.1, 0.15) is 0 Å². The molecule has 4 rings (SSSR count). The lowest BCUT2D eigenvalue weighted by molar-refractivity contribution is -0.455. The molecule has 0 saturated heterocycles. The lowest BCUT2D eigenvalue weighted by atomic mass is 9.81. The minimum absolute atomic E-state index is 0.125. The minimum Gasteiger partial charge on any atom is -0.465 e. The molecule has 1 aliphatic rings. The number of rotatable bonds is 8. The Labute approximate surface area is 209 Å². The first-order chi connectivity index (χ1) is 16.9. The third-order valence-electron chi connectivity index (χ3n) is 6.97. The van der Waals surface area contributed by atoms with E-state index in [-0.39, 0.29) is 11.4 Å². The molecule has 0 aliphatic carbocycles. The normalized spacial score (nSPS) is 14.3. The third-order valence-corrected chi connectivity index (χ3v) is 6.97. The van der Waals surface area contributed by atoms with Crippen molar-refractivity contribution >= 4 is 29.1 Å². The van der Waals surface area contributed by atoms with E-state index in [0.717, 1.165) is 25.2 Å². The van der Waals surface area contributed by atoms with Crippen molar-refractivity contribution in [2.45, 2.75) is 39.7 Å². The van der Waals surface area contributed by atoms with Crippen LogP contribution in [0.1, 0.15) is 54.7 Å². The van der Waals surface area contributed by atoms with Crippen LogP contribution in [0, 0.1) is 0 Å². The highest BCUT2D eigenvalue weighted by atomic mass is 16.5. The number of fused-ring (bicyclic) bond motifs is 1. The Balaban J connectivity index is 1.68. The number of allylic oxidation sites excluding steroid dienone is 1. The topological polar surface area (TPSA) is 32.5 Å². The van der Waals surface area contributed by atoms with Crippen LogP contribution in [0.15, 0.2) is 78.9 Å². The van der Waals surface area contributed by atoms with Crippen LogP contribution in [-0.4, -0.2) is 36.5 Å². The van der Waals surface area contributed by atoms with E-state index in [9.17, 15) is 4.79 Å². The van der Waals surface area contributed by atoms with Crippen LogP contribution in [0.3, 0.4) is 0 Å². The summed E-state index contributed by atoms with van der Waals surface area (Å²) in [4.78, 5) is 14.2. The Kier molecular flexibility index (Phi) is 7.20. The van der Waals surface area contributed by atoms with Gasteiger partial charge in [0.05, 0.1) is 18.1 Å². The third kappa shape index (κ3) is 4.93. The van der Waals surface area contributed by atoms with Gasteiger partial charge in [-0.05, 0) is 63.6 Å². The molecular weight excluding hydrogens is 432 g/mol. The van der Waals surface area contributed by atoms with Gasteiger partial charge in [-0.1, -0.05) is 42.5 Å². The number of esters is 1. The molecule has 0 aromatic heterocycles. The Bertz CT molecular complexity index is 1250. The first-order valence-electron chi connectivity index (χ1n) is 12.3. The van der Waals surface area contributed by atoms with Gasteiger partial charge in [-0.3, -0.25) is 0 Å². The fourth-order valence-electron chi connectivity index (χ4n) is 4.92. The SMILES string of the molecule is CCN(CC)c1ccc(/C=C/C2=[N+](Cc3ccc(C(=O)OC)cc3)c3ccccc3C2(C)C)cc1. The van der Waals surface area contributed by atoms with E-state index < -0.39 is 0 Å². The number of benzene rings is 3. The van der Waals surface area contributed by atoms with Crippen molar-refractivity contribution in [1.29, 1.82) is 0 Å². The van der Waals surface area contributed by atoms with Gasteiger partial charge in [0, 0.05) is 42.0 Å². The number of methoxy groups -OCH3 is 1. The average molecular weight is 468 g/mol. The summed E-state index contributed by atoms with van der Waals surface area (Å²) in [5.74, 6) is -0.314. The van der Waals surface area contributed by atoms with E-state index in [1.54, 1.807) is 0 Å². The molecule has 0 saturated carbocycles. The number of ether oxygens (including phenoxy) is 1. The van der Waals surface area contributed by atoms with Crippen molar-refractivity contribution in [2.24, 2.45) is 0 Å². The second-order valence-corrected chi connectivity index (χ2v) is 9.40. The summed E-state index contributed by atoms with van der Waals surface area (Å²) >= 11 is 0. The molecule has 35 heavy (non-hydrogen) atoms. The van der Waals surface area contributed by atoms with E-state index in [1.807, 2.05) is 24.3 Å². The summed E-state index contributed by atoms with van der Waals surface area (Å²) in [6.45, 7) is 11.7. The number of hydrogen-bond donors (Lipinski definition) is 0.